The predicted octanol–water partition coefficient (Wildman–Crippen LogP) is 2.51. The van der Waals surface area contributed by atoms with E-state index in [0.717, 1.165) is 51.4 Å². The second-order valence-corrected chi connectivity index (χ2v) is 6.25. The van der Waals surface area contributed by atoms with E-state index in [1.807, 2.05) is 0 Å². The lowest BCUT2D eigenvalue weighted by atomic mass is 10.0. The summed E-state index contributed by atoms with van der Waals surface area (Å²) in [5, 5.41) is 14.1. The lowest BCUT2D eigenvalue weighted by molar-refractivity contribution is -0.384. The average molecular weight is 305 g/mol. The Morgan fingerprint density at radius 2 is 1.95 bits per heavy atom. The SMILES string of the molecule is O=[N+]([O-])c1ccc(NC2CCN(CC3CCOC3)CC2)cc1. The Bertz CT molecular complexity index is 492. The van der Waals surface area contributed by atoms with E-state index in [9.17, 15) is 10.1 Å². The van der Waals surface area contributed by atoms with Gasteiger partial charge < -0.3 is 15.0 Å². The Morgan fingerprint density at radius 1 is 1.23 bits per heavy atom. The number of benzene rings is 1. The molecule has 1 N–H and O–H groups in total. The molecule has 2 saturated heterocycles. The second kappa shape index (κ2) is 7.07. The Hall–Kier alpha value is -1.66. The third kappa shape index (κ3) is 3.96. The zero-order valence-electron chi connectivity index (χ0n) is 12.7. The highest BCUT2D eigenvalue weighted by atomic mass is 16.6. The van der Waals surface area contributed by atoms with Crippen molar-refractivity contribution in [3.63, 3.8) is 0 Å². The molecule has 1 aromatic carbocycles. The molecular weight excluding hydrogens is 282 g/mol. The highest BCUT2D eigenvalue weighted by Crippen LogP contribution is 2.21. The van der Waals surface area contributed by atoms with Crippen molar-refractivity contribution in [3.05, 3.63) is 34.4 Å². The smallest absolute Gasteiger partial charge is 0.269 e. The fourth-order valence-corrected chi connectivity index (χ4v) is 3.27. The fraction of sp³-hybridized carbons (Fsp3) is 0.625. The van der Waals surface area contributed by atoms with Gasteiger partial charge in [-0.05, 0) is 37.3 Å². The van der Waals surface area contributed by atoms with Crippen molar-refractivity contribution in [3.8, 4) is 0 Å². The van der Waals surface area contributed by atoms with Crippen LogP contribution in [0.3, 0.4) is 0 Å². The number of hydrogen-bond acceptors (Lipinski definition) is 5. The molecule has 2 aliphatic rings. The van der Waals surface area contributed by atoms with E-state index in [2.05, 4.69) is 10.2 Å². The van der Waals surface area contributed by atoms with E-state index >= 15 is 0 Å². The van der Waals surface area contributed by atoms with Crippen LogP contribution in [-0.2, 0) is 4.74 Å². The molecule has 1 atom stereocenters. The van der Waals surface area contributed by atoms with Crippen LogP contribution in [0.15, 0.2) is 24.3 Å². The molecule has 1 unspecified atom stereocenters. The quantitative estimate of drug-likeness (QED) is 0.669. The maximum absolute atomic E-state index is 10.7. The lowest BCUT2D eigenvalue weighted by Gasteiger charge is -2.34. The van der Waals surface area contributed by atoms with Gasteiger partial charge in [0.15, 0.2) is 0 Å². The van der Waals surface area contributed by atoms with Crippen LogP contribution in [-0.4, -0.2) is 48.7 Å². The molecule has 0 spiro atoms. The molecule has 6 nitrogen and oxygen atoms in total. The first-order valence-corrected chi connectivity index (χ1v) is 8.02. The van der Waals surface area contributed by atoms with Gasteiger partial charge in [-0.2, -0.15) is 0 Å². The summed E-state index contributed by atoms with van der Waals surface area (Å²) in [4.78, 5) is 12.8. The molecule has 0 bridgehead atoms. The van der Waals surface area contributed by atoms with Gasteiger partial charge in [-0.15, -0.1) is 0 Å². The molecule has 2 fully saturated rings. The summed E-state index contributed by atoms with van der Waals surface area (Å²) >= 11 is 0. The summed E-state index contributed by atoms with van der Waals surface area (Å²) in [5.41, 5.74) is 1.10. The molecular formula is C16H23N3O3. The van der Waals surface area contributed by atoms with E-state index in [4.69, 9.17) is 4.74 Å². The van der Waals surface area contributed by atoms with Gasteiger partial charge in [0.1, 0.15) is 0 Å². The Morgan fingerprint density at radius 3 is 2.55 bits per heavy atom. The summed E-state index contributed by atoms with van der Waals surface area (Å²) in [5.74, 6) is 0.708. The molecule has 0 aromatic heterocycles. The normalized spacial score (nSPS) is 23.5. The van der Waals surface area contributed by atoms with Crippen molar-refractivity contribution in [2.75, 3.05) is 38.2 Å². The van der Waals surface area contributed by atoms with Gasteiger partial charge >= 0.3 is 0 Å². The van der Waals surface area contributed by atoms with Gasteiger partial charge in [-0.1, -0.05) is 0 Å². The van der Waals surface area contributed by atoms with E-state index in [1.54, 1.807) is 24.3 Å². The van der Waals surface area contributed by atoms with E-state index < -0.39 is 0 Å². The van der Waals surface area contributed by atoms with Gasteiger partial charge in [0.05, 0.1) is 11.5 Å². The van der Waals surface area contributed by atoms with Crippen molar-refractivity contribution >= 4 is 11.4 Å². The number of rotatable bonds is 5. The van der Waals surface area contributed by atoms with Crippen LogP contribution < -0.4 is 5.32 Å². The van der Waals surface area contributed by atoms with Gasteiger partial charge in [0.25, 0.3) is 5.69 Å². The van der Waals surface area contributed by atoms with Gasteiger partial charge in [0.2, 0.25) is 0 Å². The minimum absolute atomic E-state index is 0.138. The van der Waals surface area contributed by atoms with E-state index in [-0.39, 0.29) is 10.6 Å². The lowest BCUT2D eigenvalue weighted by Crippen LogP contribution is -2.41. The monoisotopic (exact) mass is 305 g/mol. The van der Waals surface area contributed by atoms with Gasteiger partial charge in [0, 0.05) is 50.1 Å². The molecule has 0 radical (unpaired) electrons. The number of non-ortho nitro benzene ring substituents is 1. The predicted molar refractivity (Wildman–Crippen MR) is 85.1 cm³/mol. The molecule has 6 heteroatoms. The number of nitro groups is 1. The second-order valence-electron chi connectivity index (χ2n) is 6.25. The summed E-state index contributed by atoms with van der Waals surface area (Å²) in [6, 6.07) is 7.15. The summed E-state index contributed by atoms with van der Waals surface area (Å²) in [6.07, 6.45) is 3.43. The zero-order chi connectivity index (χ0) is 15.4. The molecule has 3 rings (SSSR count). The number of hydrogen-bond donors (Lipinski definition) is 1. The number of likely N-dealkylation sites (tertiary alicyclic amines) is 1. The van der Waals surface area contributed by atoms with Crippen LogP contribution in [0, 0.1) is 16.0 Å². The summed E-state index contributed by atoms with van der Waals surface area (Å²) < 4.78 is 5.44. The summed E-state index contributed by atoms with van der Waals surface area (Å²) in [7, 11) is 0. The first kappa shape index (κ1) is 15.2. The van der Waals surface area contributed by atoms with Crippen molar-refractivity contribution in [2.45, 2.75) is 25.3 Å². The molecule has 0 aliphatic carbocycles. The number of nitro benzene ring substituents is 1. The van der Waals surface area contributed by atoms with Crippen molar-refractivity contribution in [1.82, 2.24) is 4.90 Å². The number of piperidine rings is 1. The highest BCUT2D eigenvalue weighted by molar-refractivity contribution is 5.49. The minimum Gasteiger partial charge on any atom is -0.382 e. The number of nitrogens with zero attached hydrogens (tertiary/aromatic N) is 2. The van der Waals surface area contributed by atoms with E-state index in [1.165, 1.54) is 6.42 Å². The third-order valence-electron chi connectivity index (χ3n) is 4.58. The molecule has 1 aromatic rings. The number of anilines is 1. The molecule has 22 heavy (non-hydrogen) atoms. The maximum Gasteiger partial charge on any atom is 0.269 e. The van der Waals surface area contributed by atoms with Crippen molar-refractivity contribution in [2.24, 2.45) is 5.92 Å². The van der Waals surface area contributed by atoms with Crippen molar-refractivity contribution in [1.29, 1.82) is 0 Å². The van der Waals surface area contributed by atoms with Crippen LogP contribution in [0.25, 0.3) is 0 Å². The zero-order valence-corrected chi connectivity index (χ0v) is 12.7. The third-order valence-corrected chi connectivity index (χ3v) is 4.58. The van der Waals surface area contributed by atoms with Gasteiger partial charge in [-0.25, -0.2) is 0 Å². The first-order valence-electron chi connectivity index (χ1n) is 8.02. The average Bonchev–Trinajstić information content (AvgIpc) is 3.03. The summed E-state index contributed by atoms with van der Waals surface area (Å²) in [6.45, 7) is 5.22. The number of ether oxygens (including phenoxy) is 1. The fourth-order valence-electron chi connectivity index (χ4n) is 3.27. The standard InChI is InChI=1S/C16H23N3O3/c20-19(21)16-3-1-14(2-4-16)17-15-5-8-18(9-6-15)11-13-7-10-22-12-13/h1-4,13,15,17H,5-12H2. The van der Waals surface area contributed by atoms with Crippen LogP contribution in [0.2, 0.25) is 0 Å². The Kier molecular flexibility index (Phi) is 4.90. The molecule has 2 heterocycles. The molecule has 120 valence electrons. The van der Waals surface area contributed by atoms with Crippen molar-refractivity contribution < 1.29 is 9.66 Å². The Labute approximate surface area is 130 Å². The maximum atomic E-state index is 10.7. The molecule has 2 aliphatic heterocycles. The van der Waals surface area contributed by atoms with Crippen LogP contribution >= 0.6 is 0 Å². The van der Waals surface area contributed by atoms with Gasteiger partial charge in [-0.3, -0.25) is 10.1 Å². The van der Waals surface area contributed by atoms with Crippen LogP contribution in [0.4, 0.5) is 11.4 Å². The van der Waals surface area contributed by atoms with Crippen LogP contribution in [0.5, 0.6) is 0 Å². The highest BCUT2D eigenvalue weighted by Gasteiger charge is 2.23. The van der Waals surface area contributed by atoms with E-state index in [0.29, 0.717) is 12.0 Å². The Balaban J connectivity index is 1.44. The molecule has 0 saturated carbocycles. The molecule has 0 amide bonds. The largest absolute Gasteiger partial charge is 0.382 e. The topological polar surface area (TPSA) is 67.6 Å². The van der Waals surface area contributed by atoms with Crippen LogP contribution in [0.1, 0.15) is 19.3 Å². The number of nitrogens with one attached hydrogen (secondary N) is 1. The minimum atomic E-state index is -0.366. The first-order chi connectivity index (χ1) is 10.7.